The number of hydrogen-bond donors (Lipinski definition) is 1. The van der Waals surface area contributed by atoms with Gasteiger partial charge in [-0.25, -0.2) is 0 Å². The zero-order valence-electron chi connectivity index (χ0n) is 10.2. The minimum absolute atomic E-state index is 0.548. The smallest absolute Gasteiger partial charge is 0.157 e. The van der Waals surface area contributed by atoms with E-state index in [9.17, 15) is 0 Å². The molecule has 1 N–H and O–H groups in total. The minimum atomic E-state index is 0.548. The summed E-state index contributed by atoms with van der Waals surface area (Å²) in [6.45, 7) is 11.4. The molecule has 1 aromatic heterocycles. The maximum atomic E-state index is 5.56. The Kier molecular flexibility index (Phi) is 5.64. The van der Waals surface area contributed by atoms with Crippen molar-refractivity contribution in [3.8, 4) is 5.75 Å². The quantitative estimate of drug-likeness (QED) is 0.540. The summed E-state index contributed by atoms with van der Waals surface area (Å²) >= 11 is 0. The third-order valence-corrected chi connectivity index (χ3v) is 2.18. The fourth-order valence-corrected chi connectivity index (χ4v) is 1.27. The SMILES string of the molecule is C=C(CNCCC)COc1cnn(CC)c1. The van der Waals surface area contributed by atoms with Crippen molar-refractivity contribution in [1.29, 1.82) is 0 Å². The molecule has 0 radical (unpaired) electrons. The summed E-state index contributed by atoms with van der Waals surface area (Å²) in [6.07, 6.45) is 4.76. The molecular formula is C12H21N3O. The van der Waals surface area contributed by atoms with E-state index in [0.29, 0.717) is 6.61 Å². The molecule has 0 aliphatic carbocycles. The predicted molar refractivity (Wildman–Crippen MR) is 65.7 cm³/mol. The van der Waals surface area contributed by atoms with E-state index in [-0.39, 0.29) is 0 Å². The van der Waals surface area contributed by atoms with Gasteiger partial charge in [0.15, 0.2) is 5.75 Å². The van der Waals surface area contributed by atoms with Crippen molar-refractivity contribution in [2.45, 2.75) is 26.8 Å². The molecule has 1 heterocycles. The first kappa shape index (κ1) is 12.8. The molecule has 4 nitrogen and oxygen atoms in total. The van der Waals surface area contributed by atoms with Crippen LogP contribution < -0.4 is 10.1 Å². The molecule has 0 saturated carbocycles. The van der Waals surface area contributed by atoms with Crippen LogP contribution in [0.15, 0.2) is 24.5 Å². The zero-order valence-corrected chi connectivity index (χ0v) is 10.2. The van der Waals surface area contributed by atoms with Gasteiger partial charge in [0.25, 0.3) is 0 Å². The molecule has 0 aliphatic heterocycles. The van der Waals surface area contributed by atoms with E-state index in [0.717, 1.165) is 37.4 Å². The van der Waals surface area contributed by atoms with Gasteiger partial charge in [0, 0.05) is 13.1 Å². The summed E-state index contributed by atoms with van der Waals surface area (Å²) in [7, 11) is 0. The van der Waals surface area contributed by atoms with Gasteiger partial charge in [0.1, 0.15) is 6.61 Å². The highest BCUT2D eigenvalue weighted by molar-refractivity contribution is 5.13. The molecule has 1 rings (SSSR count). The van der Waals surface area contributed by atoms with E-state index in [2.05, 4.69) is 23.9 Å². The number of aromatic nitrogens is 2. The Labute approximate surface area is 97.3 Å². The minimum Gasteiger partial charge on any atom is -0.486 e. The number of rotatable bonds is 8. The molecule has 90 valence electrons. The van der Waals surface area contributed by atoms with Gasteiger partial charge in [-0.1, -0.05) is 13.5 Å². The second-order valence-electron chi connectivity index (χ2n) is 3.75. The van der Waals surface area contributed by atoms with Crippen LogP contribution in [0.25, 0.3) is 0 Å². The standard InChI is InChI=1S/C12H21N3O/c1-4-6-13-7-11(3)10-16-12-8-14-15(5-2)9-12/h8-9,13H,3-7,10H2,1-2H3. The third-order valence-electron chi connectivity index (χ3n) is 2.18. The highest BCUT2D eigenvalue weighted by Crippen LogP contribution is 2.08. The van der Waals surface area contributed by atoms with Crippen molar-refractivity contribution in [1.82, 2.24) is 15.1 Å². The average molecular weight is 223 g/mol. The summed E-state index contributed by atoms with van der Waals surface area (Å²) in [4.78, 5) is 0. The lowest BCUT2D eigenvalue weighted by Crippen LogP contribution is -2.20. The summed E-state index contributed by atoms with van der Waals surface area (Å²) in [6, 6.07) is 0. The van der Waals surface area contributed by atoms with Crippen LogP contribution in [-0.4, -0.2) is 29.5 Å². The molecule has 0 amide bonds. The largest absolute Gasteiger partial charge is 0.486 e. The van der Waals surface area contributed by atoms with E-state index in [4.69, 9.17) is 4.74 Å². The zero-order chi connectivity index (χ0) is 11.8. The molecule has 4 heteroatoms. The van der Waals surface area contributed by atoms with Gasteiger partial charge < -0.3 is 10.1 Å². The van der Waals surface area contributed by atoms with E-state index in [1.54, 1.807) is 6.20 Å². The van der Waals surface area contributed by atoms with Crippen molar-refractivity contribution < 1.29 is 4.74 Å². The van der Waals surface area contributed by atoms with Gasteiger partial charge in [-0.15, -0.1) is 0 Å². The molecule has 0 bridgehead atoms. The number of nitrogens with one attached hydrogen (secondary N) is 1. The first-order chi connectivity index (χ1) is 7.76. The van der Waals surface area contributed by atoms with Crippen molar-refractivity contribution in [3.63, 3.8) is 0 Å². The van der Waals surface area contributed by atoms with Crippen LogP contribution in [0.4, 0.5) is 0 Å². The van der Waals surface area contributed by atoms with Gasteiger partial charge in [-0.2, -0.15) is 5.10 Å². The highest BCUT2D eigenvalue weighted by Gasteiger charge is 1.99. The first-order valence-electron chi connectivity index (χ1n) is 5.78. The predicted octanol–water partition coefficient (Wildman–Crippen LogP) is 1.84. The van der Waals surface area contributed by atoms with E-state index >= 15 is 0 Å². The van der Waals surface area contributed by atoms with Crippen LogP contribution >= 0.6 is 0 Å². The van der Waals surface area contributed by atoms with Gasteiger partial charge >= 0.3 is 0 Å². The van der Waals surface area contributed by atoms with Crippen molar-refractivity contribution in [3.05, 3.63) is 24.5 Å². The summed E-state index contributed by atoms with van der Waals surface area (Å²) in [5.41, 5.74) is 1.05. The van der Waals surface area contributed by atoms with E-state index in [1.807, 2.05) is 17.8 Å². The van der Waals surface area contributed by atoms with Crippen LogP contribution in [0.5, 0.6) is 5.75 Å². The first-order valence-corrected chi connectivity index (χ1v) is 5.78. The lowest BCUT2D eigenvalue weighted by atomic mass is 10.3. The van der Waals surface area contributed by atoms with Gasteiger partial charge in [-0.3, -0.25) is 4.68 Å². The summed E-state index contributed by atoms with van der Waals surface area (Å²) < 4.78 is 7.40. The molecule has 0 unspecified atom stereocenters. The molecule has 0 spiro atoms. The average Bonchev–Trinajstić information content (AvgIpc) is 2.74. The van der Waals surface area contributed by atoms with Crippen molar-refractivity contribution in [2.75, 3.05) is 19.7 Å². The normalized spacial score (nSPS) is 10.4. The van der Waals surface area contributed by atoms with Crippen LogP contribution in [0.2, 0.25) is 0 Å². The van der Waals surface area contributed by atoms with Crippen LogP contribution in [-0.2, 0) is 6.54 Å². The third kappa shape index (κ3) is 4.49. The molecule has 0 fully saturated rings. The van der Waals surface area contributed by atoms with Crippen LogP contribution in [0.1, 0.15) is 20.3 Å². The van der Waals surface area contributed by atoms with Gasteiger partial charge in [0.05, 0.1) is 12.4 Å². The maximum absolute atomic E-state index is 5.56. The second-order valence-corrected chi connectivity index (χ2v) is 3.75. The Morgan fingerprint density at radius 2 is 2.38 bits per heavy atom. The van der Waals surface area contributed by atoms with Crippen molar-refractivity contribution >= 4 is 0 Å². The molecule has 0 aromatic carbocycles. The van der Waals surface area contributed by atoms with Gasteiger partial charge in [0.2, 0.25) is 0 Å². The second kappa shape index (κ2) is 7.06. The Bertz CT molecular complexity index is 320. The Hall–Kier alpha value is -1.29. The van der Waals surface area contributed by atoms with E-state index in [1.165, 1.54) is 0 Å². The Morgan fingerprint density at radius 3 is 3.00 bits per heavy atom. The van der Waals surface area contributed by atoms with Gasteiger partial charge in [-0.05, 0) is 25.5 Å². The molecule has 0 aliphatic rings. The monoisotopic (exact) mass is 223 g/mol. The molecule has 0 saturated heterocycles. The fourth-order valence-electron chi connectivity index (χ4n) is 1.27. The Balaban J connectivity index is 2.20. The number of ether oxygens (including phenoxy) is 1. The lowest BCUT2D eigenvalue weighted by molar-refractivity contribution is 0.348. The molecular weight excluding hydrogens is 202 g/mol. The lowest BCUT2D eigenvalue weighted by Gasteiger charge is -2.07. The molecule has 16 heavy (non-hydrogen) atoms. The summed E-state index contributed by atoms with van der Waals surface area (Å²) in [5.74, 6) is 0.804. The maximum Gasteiger partial charge on any atom is 0.157 e. The fraction of sp³-hybridized carbons (Fsp3) is 0.583. The number of nitrogens with zero attached hydrogens (tertiary/aromatic N) is 2. The molecule has 0 atom stereocenters. The number of hydrogen-bond acceptors (Lipinski definition) is 3. The number of aryl methyl sites for hydroxylation is 1. The summed E-state index contributed by atoms with van der Waals surface area (Å²) in [5, 5.41) is 7.42. The van der Waals surface area contributed by atoms with Crippen LogP contribution in [0, 0.1) is 0 Å². The van der Waals surface area contributed by atoms with Crippen molar-refractivity contribution in [2.24, 2.45) is 0 Å². The topological polar surface area (TPSA) is 39.1 Å². The van der Waals surface area contributed by atoms with Crippen LogP contribution in [0.3, 0.4) is 0 Å². The molecule has 1 aromatic rings. The van der Waals surface area contributed by atoms with E-state index < -0.39 is 0 Å². The Morgan fingerprint density at radius 1 is 1.56 bits per heavy atom. The highest BCUT2D eigenvalue weighted by atomic mass is 16.5.